The van der Waals surface area contributed by atoms with Crippen LogP contribution in [0.15, 0.2) is 48.5 Å². The summed E-state index contributed by atoms with van der Waals surface area (Å²) in [6, 6.07) is 13.0. The number of nitrogens with one attached hydrogen (secondary N) is 2. The van der Waals surface area contributed by atoms with Crippen LogP contribution in [0.1, 0.15) is 103 Å². The Morgan fingerprint density at radius 1 is 0.936 bits per heavy atom. The van der Waals surface area contributed by atoms with E-state index in [1.165, 1.54) is 24.3 Å². The first-order valence-electron chi connectivity index (χ1n) is 16.9. The third-order valence-electron chi connectivity index (χ3n) is 10.2. The molecule has 2 aliphatic heterocycles. The lowest BCUT2D eigenvalue weighted by Gasteiger charge is -2.52. The standard InChI is InChI=1S/C36H48N4O6.ClH/c1-2-3-20-40-33(43)30(31(41)27-8-6-4-5-7-9-27)38-35(46)36(40)18-21-39(22-19-36)24-26-12-10-25(11-13-26)23-37-32(42)28-14-16-29(17-15-28)34(44)45;/h10-17,27,30-31,41H,2-9,18-24H2,1H3,(H,37,42)(H,38,46)(H,44,45);1H/t30-,31-;/m1./s1. The van der Waals surface area contributed by atoms with E-state index in [1.54, 1.807) is 0 Å². The van der Waals surface area contributed by atoms with Gasteiger partial charge in [0.05, 0.1) is 11.7 Å². The van der Waals surface area contributed by atoms with Crippen molar-refractivity contribution in [3.8, 4) is 0 Å². The Balaban J connectivity index is 0.00000500. The number of likely N-dealkylation sites (tertiary alicyclic amines) is 1. The van der Waals surface area contributed by atoms with E-state index < -0.39 is 23.7 Å². The molecule has 2 heterocycles. The summed E-state index contributed by atoms with van der Waals surface area (Å²) in [7, 11) is 0. The monoisotopic (exact) mass is 668 g/mol. The lowest BCUT2D eigenvalue weighted by molar-refractivity contribution is -0.165. The molecule has 0 bridgehead atoms. The molecule has 1 saturated carbocycles. The molecule has 5 rings (SSSR count). The summed E-state index contributed by atoms with van der Waals surface area (Å²) in [6.07, 6.45) is 8.23. The van der Waals surface area contributed by atoms with Crippen LogP contribution in [0.4, 0.5) is 0 Å². The second-order valence-corrected chi connectivity index (χ2v) is 13.2. The summed E-state index contributed by atoms with van der Waals surface area (Å²) < 4.78 is 0. The van der Waals surface area contributed by atoms with Gasteiger partial charge in [-0.15, -0.1) is 12.4 Å². The lowest BCUT2D eigenvalue weighted by atomic mass is 9.79. The van der Waals surface area contributed by atoms with Crippen molar-refractivity contribution in [3.63, 3.8) is 0 Å². The summed E-state index contributed by atoms with van der Waals surface area (Å²) in [5.41, 5.74) is 1.72. The van der Waals surface area contributed by atoms with Gasteiger partial charge in [-0.05, 0) is 73.4 Å². The predicted octanol–water partition coefficient (Wildman–Crippen LogP) is 4.53. The normalized spacial score (nSPS) is 21.0. The first-order valence-corrected chi connectivity index (χ1v) is 16.9. The van der Waals surface area contributed by atoms with E-state index in [0.717, 1.165) is 62.5 Å². The SMILES string of the molecule is CCCCN1C(=O)[C@@H]([C@H](O)C2CCCCCC2)NC(=O)C12CCN(Cc1ccc(CNC(=O)c3ccc(C(=O)O)cc3)cc1)CC2.Cl. The van der Waals surface area contributed by atoms with Crippen molar-refractivity contribution in [2.24, 2.45) is 5.92 Å². The van der Waals surface area contributed by atoms with Crippen molar-refractivity contribution >= 4 is 36.1 Å². The first-order chi connectivity index (χ1) is 22.2. The van der Waals surface area contributed by atoms with Crippen LogP contribution in [0.2, 0.25) is 0 Å². The van der Waals surface area contributed by atoms with Gasteiger partial charge in [0.15, 0.2) is 0 Å². The minimum atomic E-state index is -1.03. The molecule has 1 spiro atoms. The van der Waals surface area contributed by atoms with E-state index in [-0.39, 0.29) is 41.6 Å². The van der Waals surface area contributed by atoms with Crippen molar-refractivity contribution in [2.45, 2.75) is 102 Å². The Bertz CT molecular complexity index is 1370. The molecular weight excluding hydrogens is 620 g/mol. The molecular formula is C36H49ClN4O6. The number of carboxylic acids is 1. The average molecular weight is 669 g/mol. The number of unbranched alkanes of at least 4 members (excludes halogenated alkanes) is 1. The number of amides is 3. The maximum Gasteiger partial charge on any atom is 0.335 e. The minimum absolute atomic E-state index is 0. The van der Waals surface area contributed by atoms with Gasteiger partial charge in [0.2, 0.25) is 11.8 Å². The van der Waals surface area contributed by atoms with Gasteiger partial charge in [-0.3, -0.25) is 19.3 Å². The molecule has 10 nitrogen and oxygen atoms in total. The molecule has 4 N–H and O–H groups in total. The Hall–Kier alpha value is -3.47. The number of halogens is 1. The Morgan fingerprint density at radius 3 is 2.13 bits per heavy atom. The number of nitrogens with zero attached hydrogens (tertiary/aromatic N) is 2. The second-order valence-electron chi connectivity index (χ2n) is 13.2. The fraction of sp³-hybridized carbons (Fsp3) is 0.556. The molecule has 47 heavy (non-hydrogen) atoms. The number of hydrogen-bond acceptors (Lipinski definition) is 6. The molecule has 3 fully saturated rings. The predicted molar refractivity (Wildman–Crippen MR) is 181 cm³/mol. The zero-order valence-corrected chi connectivity index (χ0v) is 28.1. The molecule has 0 aromatic heterocycles. The van der Waals surface area contributed by atoms with E-state index in [9.17, 15) is 24.3 Å². The largest absolute Gasteiger partial charge is 0.478 e. The molecule has 0 unspecified atom stereocenters. The number of carbonyl (C=O) groups excluding carboxylic acids is 3. The Kier molecular flexibility index (Phi) is 12.8. The van der Waals surface area contributed by atoms with E-state index >= 15 is 0 Å². The number of piperazine rings is 1. The molecule has 2 saturated heterocycles. The zero-order chi connectivity index (χ0) is 32.7. The minimum Gasteiger partial charge on any atom is -0.478 e. The summed E-state index contributed by atoms with van der Waals surface area (Å²) in [4.78, 5) is 55.4. The van der Waals surface area contributed by atoms with Gasteiger partial charge in [-0.2, -0.15) is 0 Å². The zero-order valence-electron chi connectivity index (χ0n) is 27.3. The van der Waals surface area contributed by atoms with Gasteiger partial charge in [0, 0.05) is 38.3 Å². The molecule has 11 heteroatoms. The molecule has 2 atom stereocenters. The van der Waals surface area contributed by atoms with Crippen LogP contribution in [0.25, 0.3) is 0 Å². The molecule has 2 aromatic carbocycles. The first kappa shape index (κ1) is 36.4. The number of hydrogen-bond donors (Lipinski definition) is 4. The summed E-state index contributed by atoms with van der Waals surface area (Å²) >= 11 is 0. The topological polar surface area (TPSA) is 139 Å². The van der Waals surface area contributed by atoms with Gasteiger partial charge in [-0.25, -0.2) is 4.79 Å². The molecule has 256 valence electrons. The van der Waals surface area contributed by atoms with Crippen molar-refractivity contribution in [1.82, 2.24) is 20.4 Å². The van der Waals surface area contributed by atoms with Gasteiger partial charge in [0.1, 0.15) is 11.6 Å². The summed E-state index contributed by atoms with van der Waals surface area (Å²) in [5.74, 6) is -1.51. The van der Waals surface area contributed by atoms with Crippen molar-refractivity contribution in [1.29, 1.82) is 0 Å². The van der Waals surface area contributed by atoms with Crippen LogP contribution >= 0.6 is 12.4 Å². The lowest BCUT2D eigenvalue weighted by Crippen LogP contribution is -2.75. The molecule has 3 amide bonds. The van der Waals surface area contributed by atoms with E-state index in [2.05, 4.69) is 22.5 Å². The van der Waals surface area contributed by atoms with Crippen LogP contribution < -0.4 is 10.6 Å². The van der Waals surface area contributed by atoms with E-state index in [4.69, 9.17) is 5.11 Å². The smallest absolute Gasteiger partial charge is 0.335 e. The highest BCUT2D eigenvalue weighted by Crippen LogP contribution is 2.36. The molecule has 2 aromatic rings. The molecule has 0 radical (unpaired) electrons. The average Bonchev–Trinajstić information content (AvgIpc) is 3.36. The maximum atomic E-state index is 13.9. The number of rotatable bonds is 11. The van der Waals surface area contributed by atoms with Crippen molar-refractivity contribution < 1.29 is 29.4 Å². The third-order valence-corrected chi connectivity index (χ3v) is 10.2. The fourth-order valence-electron chi connectivity index (χ4n) is 7.28. The van der Waals surface area contributed by atoms with Crippen LogP contribution in [0.3, 0.4) is 0 Å². The Labute approximate surface area is 283 Å². The van der Waals surface area contributed by atoms with Crippen LogP contribution in [0, 0.1) is 5.92 Å². The van der Waals surface area contributed by atoms with Gasteiger partial charge >= 0.3 is 5.97 Å². The number of piperidine rings is 1. The molecule has 3 aliphatic rings. The Morgan fingerprint density at radius 2 is 1.53 bits per heavy atom. The fourth-order valence-corrected chi connectivity index (χ4v) is 7.28. The van der Waals surface area contributed by atoms with Crippen LogP contribution in [-0.4, -0.2) is 81.0 Å². The van der Waals surface area contributed by atoms with Crippen molar-refractivity contribution in [3.05, 3.63) is 70.8 Å². The molecule has 1 aliphatic carbocycles. The van der Waals surface area contributed by atoms with E-state index in [1.807, 2.05) is 29.2 Å². The van der Waals surface area contributed by atoms with Crippen LogP contribution in [-0.2, 0) is 22.7 Å². The van der Waals surface area contributed by atoms with Gasteiger partial charge < -0.3 is 25.7 Å². The second kappa shape index (κ2) is 16.6. The summed E-state index contributed by atoms with van der Waals surface area (Å²) in [5, 5.41) is 26.2. The highest BCUT2D eigenvalue weighted by atomic mass is 35.5. The third kappa shape index (κ3) is 8.52. The number of aliphatic hydroxyl groups is 1. The van der Waals surface area contributed by atoms with Crippen molar-refractivity contribution in [2.75, 3.05) is 19.6 Å². The number of benzene rings is 2. The number of aliphatic hydroxyl groups excluding tert-OH is 1. The van der Waals surface area contributed by atoms with E-state index in [0.29, 0.717) is 51.1 Å². The summed E-state index contributed by atoms with van der Waals surface area (Å²) in [6.45, 7) is 5.03. The maximum absolute atomic E-state index is 13.9. The van der Waals surface area contributed by atoms with Gasteiger partial charge in [-0.1, -0.05) is 63.3 Å². The highest BCUT2D eigenvalue weighted by Gasteiger charge is 2.55. The number of aromatic carboxylic acids is 1. The van der Waals surface area contributed by atoms with Gasteiger partial charge in [0.25, 0.3) is 5.91 Å². The highest BCUT2D eigenvalue weighted by molar-refractivity contribution is 6.00. The number of carboxylic acid groups (broad SMARTS) is 1. The number of carbonyl (C=O) groups is 4. The van der Waals surface area contributed by atoms with Crippen LogP contribution in [0.5, 0.6) is 0 Å². The quantitative estimate of drug-likeness (QED) is 0.258.